The minimum absolute atomic E-state index is 0.107. The van der Waals surface area contributed by atoms with E-state index in [1.165, 1.54) is 18.2 Å². The van der Waals surface area contributed by atoms with E-state index in [9.17, 15) is 14.0 Å². The van der Waals surface area contributed by atoms with Crippen molar-refractivity contribution in [3.8, 4) is 0 Å². The molecule has 2 N–H and O–H groups in total. The number of amides is 1. The summed E-state index contributed by atoms with van der Waals surface area (Å²) < 4.78 is 13.3. The summed E-state index contributed by atoms with van der Waals surface area (Å²) in [4.78, 5) is 23.0. The summed E-state index contributed by atoms with van der Waals surface area (Å²) in [6.45, 7) is 0.107. The second kappa shape index (κ2) is 5.28. The lowest BCUT2D eigenvalue weighted by Gasteiger charge is -2.37. The lowest BCUT2D eigenvalue weighted by atomic mass is 9.69. The molecule has 1 aromatic rings. The highest BCUT2D eigenvalue weighted by molar-refractivity contribution is 9.10. The smallest absolute Gasteiger partial charge is 0.311 e. The standard InChI is InChI=1S/C13H13BrFNO3/c14-9-6-8(2-3-10(9)15)11(17)16-7-13(12(18)19)4-1-5-13/h2-3,6H,1,4-5,7H2,(H,16,17)(H,18,19). The quantitative estimate of drug-likeness (QED) is 0.892. The number of carbonyl (C=O) groups excluding carboxylic acids is 1. The number of carboxylic acids is 1. The summed E-state index contributed by atoms with van der Waals surface area (Å²) in [6.07, 6.45) is 2.02. The van der Waals surface area contributed by atoms with Crippen LogP contribution in [0.25, 0.3) is 0 Å². The molecule has 1 aromatic carbocycles. The van der Waals surface area contributed by atoms with Gasteiger partial charge in [0.05, 0.1) is 9.89 Å². The molecule has 0 unspecified atom stereocenters. The van der Waals surface area contributed by atoms with E-state index >= 15 is 0 Å². The van der Waals surface area contributed by atoms with Gasteiger partial charge < -0.3 is 10.4 Å². The molecule has 0 bridgehead atoms. The maximum absolute atomic E-state index is 13.1. The van der Waals surface area contributed by atoms with Crippen molar-refractivity contribution in [3.05, 3.63) is 34.1 Å². The van der Waals surface area contributed by atoms with E-state index in [1.807, 2.05) is 0 Å². The van der Waals surface area contributed by atoms with Crippen molar-refractivity contribution in [1.29, 1.82) is 0 Å². The first kappa shape index (κ1) is 14.0. The average molecular weight is 330 g/mol. The summed E-state index contributed by atoms with van der Waals surface area (Å²) in [5.74, 6) is -1.72. The maximum atomic E-state index is 13.1. The summed E-state index contributed by atoms with van der Waals surface area (Å²) in [6, 6.07) is 3.93. The molecule has 4 nitrogen and oxygen atoms in total. The second-order valence-electron chi connectivity index (χ2n) is 4.75. The Labute approximate surface area is 118 Å². The Kier molecular flexibility index (Phi) is 3.89. The molecular weight excluding hydrogens is 317 g/mol. The van der Waals surface area contributed by atoms with Gasteiger partial charge in [-0.05, 0) is 47.0 Å². The van der Waals surface area contributed by atoms with Gasteiger partial charge in [0.2, 0.25) is 0 Å². The highest BCUT2D eigenvalue weighted by atomic mass is 79.9. The first-order valence-electron chi connectivity index (χ1n) is 5.91. The second-order valence-corrected chi connectivity index (χ2v) is 5.60. The molecule has 0 radical (unpaired) electrons. The number of carboxylic acid groups (broad SMARTS) is 1. The molecule has 1 aliphatic carbocycles. The lowest BCUT2D eigenvalue weighted by Crippen LogP contribution is -2.47. The Morgan fingerprint density at radius 1 is 1.42 bits per heavy atom. The molecule has 0 saturated heterocycles. The third kappa shape index (κ3) is 2.78. The SMILES string of the molecule is O=C(NCC1(C(=O)O)CCC1)c1ccc(F)c(Br)c1. The van der Waals surface area contributed by atoms with Crippen LogP contribution in [0, 0.1) is 11.2 Å². The van der Waals surface area contributed by atoms with Crippen molar-refractivity contribution < 1.29 is 19.1 Å². The van der Waals surface area contributed by atoms with Gasteiger partial charge in [-0.25, -0.2) is 4.39 Å². The van der Waals surface area contributed by atoms with Gasteiger partial charge in [0.15, 0.2) is 0 Å². The molecule has 2 rings (SSSR count). The fourth-order valence-electron chi connectivity index (χ4n) is 2.06. The fourth-order valence-corrected chi connectivity index (χ4v) is 2.44. The van der Waals surface area contributed by atoms with Crippen molar-refractivity contribution in [2.75, 3.05) is 6.54 Å². The molecule has 0 atom stereocenters. The molecule has 1 saturated carbocycles. The molecule has 1 fully saturated rings. The van der Waals surface area contributed by atoms with E-state index in [-0.39, 0.29) is 11.0 Å². The Balaban J connectivity index is 2.01. The highest BCUT2D eigenvalue weighted by Crippen LogP contribution is 2.40. The van der Waals surface area contributed by atoms with Crippen LogP contribution in [0.3, 0.4) is 0 Å². The topological polar surface area (TPSA) is 66.4 Å². The van der Waals surface area contributed by atoms with Gasteiger partial charge in [0.1, 0.15) is 5.82 Å². The van der Waals surface area contributed by atoms with Crippen LogP contribution in [-0.2, 0) is 4.79 Å². The van der Waals surface area contributed by atoms with E-state index in [0.29, 0.717) is 18.4 Å². The predicted molar refractivity (Wildman–Crippen MR) is 70.4 cm³/mol. The van der Waals surface area contributed by atoms with Crippen LogP contribution in [0.4, 0.5) is 4.39 Å². The summed E-state index contributed by atoms with van der Waals surface area (Å²) in [5, 5.41) is 11.7. The average Bonchev–Trinajstić information content (AvgIpc) is 2.30. The molecule has 6 heteroatoms. The predicted octanol–water partition coefficient (Wildman–Crippen LogP) is 2.57. The molecule has 1 amide bonds. The largest absolute Gasteiger partial charge is 0.481 e. The number of hydrogen-bond donors (Lipinski definition) is 2. The maximum Gasteiger partial charge on any atom is 0.311 e. The number of hydrogen-bond acceptors (Lipinski definition) is 2. The van der Waals surface area contributed by atoms with Gasteiger partial charge in [-0.15, -0.1) is 0 Å². The van der Waals surface area contributed by atoms with Crippen LogP contribution in [0.15, 0.2) is 22.7 Å². The van der Waals surface area contributed by atoms with E-state index in [0.717, 1.165) is 6.42 Å². The first-order chi connectivity index (χ1) is 8.94. The van der Waals surface area contributed by atoms with Crippen LogP contribution in [0.5, 0.6) is 0 Å². The monoisotopic (exact) mass is 329 g/mol. The molecule has 19 heavy (non-hydrogen) atoms. The van der Waals surface area contributed by atoms with Crippen LogP contribution < -0.4 is 5.32 Å². The zero-order valence-corrected chi connectivity index (χ0v) is 11.7. The van der Waals surface area contributed by atoms with E-state index < -0.39 is 23.1 Å². The summed E-state index contributed by atoms with van der Waals surface area (Å²) in [7, 11) is 0. The van der Waals surface area contributed by atoms with Gasteiger partial charge in [-0.3, -0.25) is 9.59 Å². The van der Waals surface area contributed by atoms with Gasteiger partial charge in [0, 0.05) is 12.1 Å². The Hall–Kier alpha value is -1.43. The van der Waals surface area contributed by atoms with Crippen molar-refractivity contribution >= 4 is 27.8 Å². The highest BCUT2D eigenvalue weighted by Gasteiger charge is 2.44. The minimum Gasteiger partial charge on any atom is -0.481 e. The molecule has 0 aromatic heterocycles. The van der Waals surface area contributed by atoms with Crippen LogP contribution in [0.1, 0.15) is 29.6 Å². The van der Waals surface area contributed by atoms with Crippen molar-refractivity contribution in [2.45, 2.75) is 19.3 Å². The van der Waals surface area contributed by atoms with Crippen molar-refractivity contribution in [3.63, 3.8) is 0 Å². The van der Waals surface area contributed by atoms with E-state index in [2.05, 4.69) is 21.2 Å². The molecule has 1 aliphatic rings. The molecule has 0 aliphatic heterocycles. The van der Waals surface area contributed by atoms with Gasteiger partial charge in [-0.2, -0.15) is 0 Å². The third-order valence-corrected chi connectivity index (χ3v) is 4.14. The van der Waals surface area contributed by atoms with Gasteiger partial charge in [-0.1, -0.05) is 6.42 Å². The molecule has 102 valence electrons. The molecule has 0 heterocycles. The fraction of sp³-hybridized carbons (Fsp3) is 0.385. The zero-order chi connectivity index (χ0) is 14.0. The van der Waals surface area contributed by atoms with E-state index in [1.54, 1.807) is 0 Å². The number of aliphatic carboxylic acids is 1. The van der Waals surface area contributed by atoms with Crippen molar-refractivity contribution in [2.24, 2.45) is 5.41 Å². The number of carbonyl (C=O) groups is 2. The van der Waals surface area contributed by atoms with E-state index in [4.69, 9.17) is 5.11 Å². The van der Waals surface area contributed by atoms with Crippen LogP contribution in [0.2, 0.25) is 0 Å². The molecule has 0 spiro atoms. The summed E-state index contributed by atoms with van der Waals surface area (Å²) >= 11 is 3.00. The lowest BCUT2D eigenvalue weighted by molar-refractivity contribution is -0.153. The third-order valence-electron chi connectivity index (χ3n) is 3.53. The first-order valence-corrected chi connectivity index (χ1v) is 6.71. The zero-order valence-electron chi connectivity index (χ0n) is 10.1. The van der Waals surface area contributed by atoms with Crippen LogP contribution in [-0.4, -0.2) is 23.5 Å². The number of rotatable bonds is 4. The Morgan fingerprint density at radius 3 is 2.58 bits per heavy atom. The van der Waals surface area contributed by atoms with Crippen molar-refractivity contribution in [1.82, 2.24) is 5.32 Å². The Morgan fingerprint density at radius 2 is 2.11 bits per heavy atom. The van der Waals surface area contributed by atoms with Crippen LogP contribution >= 0.6 is 15.9 Å². The summed E-state index contributed by atoms with van der Waals surface area (Å²) in [5.41, 5.74) is -0.527. The van der Waals surface area contributed by atoms with Gasteiger partial charge >= 0.3 is 5.97 Å². The number of halogens is 2. The minimum atomic E-state index is -0.876. The molecular formula is C13H13BrFNO3. The number of benzene rings is 1. The van der Waals surface area contributed by atoms with Gasteiger partial charge in [0.25, 0.3) is 5.91 Å². The number of nitrogens with one attached hydrogen (secondary N) is 1. The normalized spacial score (nSPS) is 16.5. The Bertz CT molecular complexity index is 529.